The van der Waals surface area contributed by atoms with Gasteiger partial charge in [-0.2, -0.15) is 0 Å². The fraction of sp³-hybridized carbons (Fsp3) is 0.0833. The van der Waals surface area contributed by atoms with Crippen molar-refractivity contribution in [3.63, 3.8) is 0 Å². The minimum Gasteiger partial charge on any atom is -0.263 e. The van der Waals surface area contributed by atoms with Crippen molar-refractivity contribution in [3.8, 4) is 11.4 Å². The molecule has 0 atom stereocenters. The highest BCUT2D eigenvalue weighted by Gasteiger charge is 2.14. The van der Waals surface area contributed by atoms with Crippen molar-refractivity contribution in [3.05, 3.63) is 45.3 Å². The van der Waals surface area contributed by atoms with Crippen LogP contribution in [-0.4, -0.2) is 19.6 Å². The third-order valence-electron chi connectivity index (χ3n) is 2.70. The van der Waals surface area contributed by atoms with Crippen LogP contribution in [0, 0.1) is 6.92 Å². The molecule has 0 saturated heterocycles. The Balaban J connectivity index is 2.31. The van der Waals surface area contributed by atoms with Crippen LogP contribution in [0.3, 0.4) is 0 Å². The third kappa shape index (κ3) is 2.16. The van der Waals surface area contributed by atoms with Crippen LogP contribution < -0.4 is 0 Å². The molecule has 0 amide bonds. The fourth-order valence-electron chi connectivity index (χ4n) is 1.90. The van der Waals surface area contributed by atoms with Crippen LogP contribution >= 0.6 is 34.8 Å². The van der Waals surface area contributed by atoms with Crippen molar-refractivity contribution >= 4 is 40.4 Å². The smallest absolute Gasteiger partial charge is 0.171 e. The van der Waals surface area contributed by atoms with E-state index in [0.29, 0.717) is 32.5 Å². The van der Waals surface area contributed by atoms with E-state index < -0.39 is 0 Å². The second-order valence-electron chi connectivity index (χ2n) is 3.97. The summed E-state index contributed by atoms with van der Waals surface area (Å²) in [5.74, 6) is 1.30. The quantitative estimate of drug-likeness (QED) is 0.636. The molecule has 4 nitrogen and oxygen atoms in total. The molecule has 0 unspecified atom stereocenters. The monoisotopic (exact) mass is 312 g/mol. The van der Waals surface area contributed by atoms with Gasteiger partial charge in [0.25, 0.3) is 0 Å². The molecule has 2 aromatic heterocycles. The van der Waals surface area contributed by atoms with Crippen molar-refractivity contribution in [2.45, 2.75) is 6.92 Å². The van der Waals surface area contributed by atoms with E-state index in [0.717, 1.165) is 5.56 Å². The first-order valence-electron chi connectivity index (χ1n) is 5.40. The fourth-order valence-corrected chi connectivity index (χ4v) is 2.61. The Hall–Kier alpha value is -1.36. The summed E-state index contributed by atoms with van der Waals surface area (Å²) in [4.78, 5) is 4.19. The summed E-state index contributed by atoms with van der Waals surface area (Å²) in [5.41, 5.74) is 1.37. The van der Waals surface area contributed by atoms with E-state index in [1.165, 1.54) is 0 Å². The molecule has 96 valence electrons. The second-order valence-corrected chi connectivity index (χ2v) is 5.20. The van der Waals surface area contributed by atoms with Crippen LogP contribution in [0.25, 0.3) is 17.0 Å². The lowest BCUT2D eigenvalue weighted by Gasteiger charge is -2.05. The lowest BCUT2D eigenvalue weighted by molar-refractivity contribution is 0.988. The molecular weight excluding hydrogens is 307 g/mol. The molecule has 0 aliphatic carbocycles. The number of nitrogens with zero attached hydrogens (tertiary/aromatic N) is 4. The van der Waals surface area contributed by atoms with Gasteiger partial charge in [0.15, 0.2) is 11.5 Å². The summed E-state index contributed by atoms with van der Waals surface area (Å²) in [6.45, 7) is 1.83. The number of halogens is 3. The van der Waals surface area contributed by atoms with E-state index in [-0.39, 0.29) is 0 Å². The number of hydrogen-bond acceptors (Lipinski definition) is 3. The average Bonchev–Trinajstić information content (AvgIpc) is 2.72. The molecule has 2 heterocycles. The van der Waals surface area contributed by atoms with Gasteiger partial charge in [-0.1, -0.05) is 34.8 Å². The highest BCUT2D eigenvalue weighted by atomic mass is 35.5. The van der Waals surface area contributed by atoms with Crippen molar-refractivity contribution in [1.82, 2.24) is 19.6 Å². The zero-order chi connectivity index (χ0) is 13.6. The van der Waals surface area contributed by atoms with E-state index in [1.54, 1.807) is 28.7 Å². The Morgan fingerprint density at radius 2 is 1.84 bits per heavy atom. The summed E-state index contributed by atoms with van der Waals surface area (Å²) in [6, 6.07) is 6.87. The molecule has 0 aliphatic rings. The molecule has 0 N–H and O–H groups in total. The van der Waals surface area contributed by atoms with Crippen LogP contribution in [0.4, 0.5) is 0 Å². The maximum atomic E-state index is 6.19. The normalized spacial score (nSPS) is 11.2. The molecule has 3 rings (SSSR count). The minimum atomic E-state index is 0.381. The summed E-state index contributed by atoms with van der Waals surface area (Å²) >= 11 is 18.0. The van der Waals surface area contributed by atoms with Gasteiger partial charge in [-0.25, -0.2) is 4.98 Å². The van der Waals surface area contributed by atoms with Crippen LogP contribution in [0.5, 0.6) is 0 Å². The van der Waals surface area contributed by atoms with Gasteiger partial charge in [-0.15, -0.1) is 10.2 Å². The molecule has 0 fully saturated rings. The maximum Gasteiger partial charge on any atom is 0.171 e. The summed E-state index contributed by atoms with van der Waals surface area (Å²) in [6.07, 6.45) is 0. The molecule has 0 radical (unpaired) electrons. The number of aryl methyl sites for hydroxylation is 1. The van der Waals surface area contributed by atoms with Gasteiger partial charge in [0.1, 0.15) is 11.0 Å². The van der Waals surface area contributed by atoms with E-state index in [9.17, 15) is 0 Å². The Morgan fingerprint density at radius 1 is 1.05 bits per heavy atom. The van der Waals surface area contributed by atoms with E-state index in [2.05, 4.69) is 15.2 Å². The van der Waals surface area contributed by atoms with Crippen molar-refractivity contribution < 1.29 is 0 Å². The van der Waals surface area contributed by atoms with Gasteiger partial charge in [0.05, 0.1) is 5.02 Å². The molecule has 0 aliphatic heterocycles. The van der Waals surface area contributed by atoms with E-state index in [1.807, 2.05) is 6.92 Å². The van der Waals surface area contributed by atoms with Crippen LogP contribution in [0.15, 0.2) is 24.3 Å². The second kappa shape index (κ2) is 4.63. The SMILES string of the molecule is Cc1nc(Cl)cc2nnc(-c3ccc(Cl)cc3Cl)n12. The highest BCUT2D eigenvalue weighted by molar-refractivity contribution is 6.36. The van der Waals surface area contributed by atoms with Crippen molar-refractivity contribution in [2.24, 2.45) is 0 Å². The lowest BCUT2D eigenvalue weighted by atomic mass is 10.2. The Bertz CT molecular complexity index is 782. The van der Waals surface area contributed by atoms with Gasteiger partial charge in [-0.3, -0.25) is 4.40 Å². The highest BCUT2D eigenvalue weighted by Crippen LogP contribution is 2.30. The Labute approximate surface area is 124 Å². The summed E-state index contributed by atoms with van der Waals surface area (Å²) in [7, 11) is 0. The van der Waals surface area contributed by atoms with E-state index in [4.69, 9.17) is 34.8 Å². The zero-order valence-corrected chi connectivity index (χ0v) is 12.0. The van der Waals surface area contributed by atoms with Gasteiger partial charge in [-0.05, 0) is 25.1 Å². The van der Waals surface area contributed by atoms with Gasteiger partial charge in [0, 0.05) is 16.7 Å². The largest absolute Gasteiger partial charge is 0.263 e. The molecule has 3 aromatic rings. The van der Waals surface area contributed by atoms with Crippen LogP contribution in [-0.2, 0) is 0 Å². The summed E-state index contributed by atoms with van der Waals surface area (Å²) < 4.78 is 1.79. The number of fused-ring (bicyclic) bond motifs is 1. The molecular formula is C12H7Cl3N4. The minimum absolute atomic E-state index is 0.381. The zero-order valence-electron chi connectivity index (χ0n) is 9.73. The van der Waals surface area contributed by atoms with Crippen molar-refractivity contribution in [1.29, 1.82) is 0 Å². The lowest BCUT2D eigenvalue weighted by Crippen LogP contribution is -1.98. The molecule has 0 bridgehead atoms. The van der Waals surface area contributed by atoms with E-state index >= 15 is 0 Å². The van der Waals surface area contributed by atoms with Crippen molar-refractivity contribution in [2.75, 3.05) is 0 Å². The number of benzene rings is 1. The summed E-state index contributed by atoms with van der Waals surface area (Å²) in [5, 5.41) is 9.68. The van der Waals surface area contributed by atoms with Gasteiger partial charge < -0.3 is 0 Å². The number of rotatable bonds is 1. The topological polar surface area (TPSA) is 43.1 Å². The Kier molecular flexibility index (Phi) is 3.09. The molecule has 19 heavy (non-hydrogen) atoms. The standard InChI is InChI=1S/C12H7Cl3N4/c1-6-16-10(15)5-11-17-18-12(19(6)11)8-3-2-7(13)4-9(8)14/h2-5H,1H3. The molecule has 7 heteroatoms. The predicted molar refractivity (Wildman–Crippen MR) is 76.0 cm³/mol. The Morgan fingerprint density at radius 3 is 2.58 bits per heavy atom. The van der Waals surface area contributed by atoms with Gasteiger partial charge >= 0.3 is 0 Å². The average molecular weight is 314 g/mol. The van der Waals surface area contributed by atoms with Crippen LogP contribution in [0.1, 0.15) is 5.82 Å². The maximum absolute atomic E-state index is 6.19. The van der Waals surface area contributed by atoms with Gasteiger partial charge in [0.2, 0.25) is 0 Å². The number of hydrogen-bond donors (Lipinski definition) is 0. The molecule has 1 aromatic carbocycles. The predicted octanol–water partition coefficient (Wildman–Crippen LogP) is 4.06. The third-order valence-corrected chi connectivity index (χ3v) is 3.44. The first-order valence-corrected chi connectivity index (χ1v) is 6.53. The molecule has 0 saturated carbocycles. The number of aromatic nitrogens is 4. The first kappa shape index (κ1) is 12.7. The first-order chi connectivity index (χ1) is 9.06. The molecule has 0 spiro atoms. The van der Waals surface area contributed by atoms with Crippen LogP contribution in [0.2, 0.25) is 15.2 Å².